The molecule has 0 aliphatic heterocycles. The predicted molar refractivity (Wildman–Crippen MR) is 75.8 cm³/mol. The minimum Gasteiger partial charge on any atom is -0.384 e. The van der Waals surface area contributed by atoms with Crippen molar-refractivity contribution in [1.82, 2.24) is 0 Å². The average Bonchev–Trinajstić information content (AvgIpc) is 2.41. The van der Waals surface area contributed by atoms with Crippen molar-refractivity contribution in [3.05, 3.63) is 70.3 Å². The lowest BCUT2D eigenvalue weighted by atomic mass is 9.94. The SMILES string of the molecule is CCc1ccccc1C(O)c1ccc(C)c(C)c1. The average molecular weight is 240 g/mol. The molecule has 0 aromatic heterocycles. The number of aryl methyl sites for hydroxylation is 3. The van der Waals surface area contributed by atoms with Gasteiger partial charge in [-0.15, -0.1) is 0 Å². The van der Waals surface area contributed by atoms with E-state index < -0.39 is 6.10 Å². The Morgan fingerprint density at radius 2 is 1.72 bits per heavy atom. The summed E-state index contributed by atoms with van der Waals surface area (Å²) in [6.07, 6.45) is 0.415. The van der Waals surface area contributed by atoms with Gasteiger partial charge >= 0.3 is 0 Å². The maximum atomic E-state index is 10.5. The van der Waals surface area contributed by atoms with Gasteiger partial charge in [-0.25, -0.2) is 0 Å². The van der Waals surface area contributed by atoms with Gasteiger partial charge in [-0.1, -0.05) is 49.4 Å². The Hall–Kier alpha value is -1.60. The summed E-state index contributed by atoms with van der Waals surface area (Å²) in [5.41, 5.74) is 5.68. The smallest absolute Gasteiger partial charge is 0.104 e. The number of benzene rings is 2. The second-order valence-corrected chi connectivity index (χ2v) is 4.80. The molecule has 2 rings (SSSR count). The molecule has 1 N–H and O–H groups in total. The first-order valence-corrected chi connectivity index (χ1v) is 6.46. The topological polar surface area (TPSA) is 20.2 Å². The summed E-state index contributed by atoms with van der Waals surface area (Å²) in [7, 11) is 0. The third kappa shape index (κ3) is 2.46. The normalized spacial score (nSPS) is 12.4. The van der Waals surface area contributed by atoms with Crippen molar-refractivity contribution < 1.29 is 5.11 Å². The van der Waals surface area contributed by atoms with Crippen LogP contribution < -0.4 is 0 Å². The number of hydrogen-bond donors (Lipinski definition) is 1. The van der Waals surface area contributed by atoms with Crippen LogP contribution in [0.5, 0.6) is 0 Å². The van der Waals surface area contributed by atoms with Crippen LogP contribution in [0.1, 0.15) is 40.8 Å². The molecule has 2 aromatic rings. The molecular weight excluding hydrogens is 220 g/mol. The zero-order valence-electron chi connectivity index (χ0n) is 11.3. The van der Waals surface area contributed by atoms with E-state index in [1.165, 1.54) is 16.7 Å². The van der Waals surface area contributed by atoms with Gasteiger partial charge < -0.3 is 5.11 Å². The Bertz CT molecular complexity index is 543. The fourth-order valence-corrected chi connectivity index (χ4v) is 2.24. The molecule has 0 aliphatic carbocycles. The molecule has 0 bridgehead atoms. The van der Waals surface area contributed by atoms with Gasteiger partial charge in [-0.3, -0.25) is 0 Å². The van der Waals surface area contributed by atoms with E-state index in [1.54, 1.807) is 0 Å². The van der Waals surface area contributed by atoms with Gasteiger partial charge in [0.1, 0.15) is 6.10 Å². The maximum Gasteiger partial charge on any atom is 0.104 e. The lowest BCUT2D eigenvalue weighted by Crippen LogP contribution is -2.04. The molecule has 18 heavy (non-hydrogen) atoms. The Morgan fingerprint density at radius 3 is 2.39 bits per heavy atom. The second-order valence-electron chi connectivity index (χ2n) is 4.80. The van der Waals surface area contributed by atoms with Crippen LogP contribution in [0, 0.1) is 13.8 Å². The number of hydrogen-bond acceptors (Lipinski definition) is 1. The number of aliphatic hydroxyl groups excluding tert-OH is 1. The van der Waals surface area contributed by atoms with E-state index in [-0.39, 0.29) is 0 Å². The van der Waals surface area contributed by atoms with E-state index in [4.69, 9.17) is 0 Å². The van der Waals surface area contributed by atoms with Crippen LogP contribution in [0.25, 0.3) is 0 Å². The fourth-order valence-electron chi connectivity index (χ4n) is 2.24. The van der Waals surface area contributed by atoms with Crippen molar-refractivity contribution in [3.63, 3.8) is 0 Å². The van der Waals surface area contributed by atoms with Crippen molar-refractivity contribution in [2.75, 3.05) is 0 Å². The zero-order chi connectivity index (χ0) is 13.1. The van der Waals surface area contributed by atoms with Crippen molar-refractivity contribution in [3.8, 4) is 0 Å². The van der Waals surface area contributed by atoms with Crippen molar-refractivity contribution in [2.24, 2.45) is 0 Å². The molecule has 1 atom stereocenters. The van der Waals surface area contributed by atoms with Crippen molar-refractivity contribution in [2.45, 2.75) is 33.3 Å². The van der Waals surface area contributed by atoms with E-state index in [0.29, 0.717) is 0 Å². The summed E-state index contributed by atoms with van der Waals surface area (Å²) < 4.78 is 0. The molecule has 0 aliphatic rings. The summed E-state index contributed by atoms with van der Waals surface area (Å²) in [4.78, 5) is 0. The molecule has 1 heteroatoms. The standard InChI is InChI=1S/C17H20O/c1-4-14-7-5-6-8-16(14)17(18)15-10-9-12(2)13(3)11-15/h5-11,17-18H,4H2,1-3H3. The molecule has 94 valence electrons. The third-order valence-corrected chi connectivity index (χ3v) is 3.58. The summed E-state index contributed by atoms with van der Waals surface area (Å²) in [6, 6.07) is 14.3. The maximum absolute atomic E-state index is 10.5. The van der Waals surface area contributed by atoms with Crippen LogP contribution in [0.15, 0.2) is 42.5 Å². The quantitative estimate of drug-likeness (QED) is 0.861. The van der Waals surface area contributed by atoms with Gasteiger partial charge in [0.05, 0.1) is 0 Å². The summed E-state index contributed by atoms with van der Waals surface area (Å²) in [5.74, 6) is 0. The van der Waals surface area contributed by atoms with Gasteiger partial charge in [-0.2, -0.15) is 0 Å². The van der Waals surface area contributed by atoms with Crippen LogP contribution >= 0.6 is 0 Å². The minimum absolute atomic E-state index is 0.527. The van der Waals surface area contributed by atoms with Crippen LogP contribution in [0.3, 0.4) is 0 Å². The lowest BCUT2D eigenvalue weighted by molar-refractivity contribution is 0.219. The fraction of sp³-hybridized carbons (Fsp3) is 0.294. The molecule has 0 heterocycles. The van der Waals surface area contributed by atoms with Crippen molar-refractivity contribution in [1.29, 1.82) is 0 Å². The van der Waals surface area contributed by atoms with Crippen LogP contribution in [0.2, 0.25) is 0 Å². The van der Waals surface area contributed by atoms with Gasteiger partial charge in [0.25, 0.3) is 0 Å². The highest BCUT2D eigenvalue weighted by molar-refractivity contribution is 5.39. The summed E-state index contributed by atoms with van der Waals surface area (Å²) in [5, 5.41) is 10.5. The monoisotopic (exact) mass is 240 g/mol. The number of rotatable bonds is 3. The van der Waals surface area contributed by atoms with Crippen LogP contribution in [-0.4, -0.2) is 5.11 Å². The van der Waals surface area contributed by atoms with Gasteiger partial charge in [0.2, 0.25) is 0 Å². The van der Waals surface area contributed by atoms with E-state index in [1.807, 2.05) is 24.3 Å². The summed E-state index contributed by atoms with van der Waals surface area (Å²) in [6.45, 7) is 6.29. The highest BCUT2D eigenvalue weighted by Gasteiger charge is 2.13. The molecule has 0 amide bonds. The largest absolute Gasteiger partial charge is 0.384 e. The van der Waals surface area contributed by atoms with Gasteiger partial charge in [-0.05, 0) is 48.1 Å². The number of aliphatic hydroxyl groups is 1. The first-order valence-electron chi connectivity index (χ1n) is 6.46. The molecule has 1 nitrogen and oxygen atoms in total. The van der Waals surface area contributed by atoms with Crippen LogP contribution in [-0.2, 0) is 6.42 Å². The Morgan fingerprint density at radius 1 is 1.00 bits per heavy atom. The Kier molecular flexibility index (Phi) is 3.83. The van der Waals surface area contributed by atoms with Gasteiger partial charge in [0, 0.05) is 0 Å². The van der Waals surface area contributed by atoms with E-state index in [0.717, 1.165) is 17.5 Å². The molecule has 0 radical (unpaired) electrons. The molecule has 0 saturated heterocycles. The molecule has 0 saturated carbocycles. The predicted octanol–water partition coefficient (Wildman–Crippen LogP) is 3.95. The minimum atomic E-state index is -0.527. The third-order valence-electron chi connectivity index (χ3n) is 3.58. The molecular formula is C17H20O. The van der Waals surface area contributed by atoms with E-state index >= 15 is 0 Å². The molecule has 0 fully saturated rings. The van der Waals surface area contributed by atoms with Crippen molar-refractivity contribution >= 4 is 0 Å². The molecule has 1 unspecified atom stereocenters. The Balaban J connectivity index is 2.41. The molecule has 2 aromatic carbocycles. The Labute approximate surface area is 109 Å². The van der Waals surface area contributed by atoms with E-state index in [9.17, 15) is 5.11 Å². The molecule has 0 spiro atoms. The highest BCUT2D eigenvalue weighted by atomic mass is 16.3. The van der Waals surface area contributed by atoms with Crippen LogP contribution in [0.4, 0.5) is 0 Å². The first kappa shape index (κ1) is 12.8. The zero-order valence-corrected chi connectivity index (χ0v) is 11.3. The highest BCUT2D eigenvalue weighted by Crippen LogP contribution is 2.26. The summed E-state index contributed by atoms with van der Waals surface area (Å²) >= 11 is 0. The first-order chi connectivity index (χ1) is 8.63. The van der Waals surface area contributed by atoms with Gasteiger partial charge in [0.15, 0.2) is 0 Å². The lowest BCUT2D eigenvalue weighted by Gasteiger charge is -2.16. The second kappa shape index (κ2) is 5.36. The van der Waals surface area contributed by atoms with E-state index in [2.05, 4.69) is 39.0 Å².